The number of carbonyl (C=O) groups excluding carboxylic acids is 1. The van der Waals surface area contributed by atoms with Crippen molar-refractivity contribution in [1.82, 2.24) is 5.32 Å². The van der Waals surface area contributed by atoms with Crippen molar-refractivity contribution in [3.63, 3.8) is 0 Å². The van der Waals surface area contributed by atoms with Crippen molar-refractivity contribution in [3.8, 4) is 0 Å². The fraction of sp³-hybridized carbons (Fsp3) is 0.154. The molecule has 0 saturated heterocycles. The summed E-state index contributed by atoms with van der Waals surface area (Å²) < 4.78 is 5.59. The summed E-state index contributed by atoms with van der Waals surface area (Å²) in [5, 5.41) is 12.5. The minimum atomic E-state index is -0.768. The van der Waals surface area contributed by atoms with Crippen LogP contribution in [0.3, 0.4) is 0 Å². The van der Waals surface area contributed by atoms with Gasteiger partial charge in [0.1, 0.15) is 0 Å². The van der Waals surface area contributed by atoms with Gasteiger partial charge in [0.2, 0.25) is 0 Å². The second-order valence-corrected chi connectivity index (χ2v) is 4.62. The van der Waals surface area contributed by atoms with Crippen molar-refractivity contribution in [3.05, 3.63) is 58.5 Å². The summed E-state index contributed by atoms with van der Waals surface area (Å²) >= 11 is 3.30. The van der Waals surface area contributed by atoms with Crippen molar-refractivity contribution in [2.75, 3.05) is 6.54 Å². The third kappa shape index (κ3) is 3.00. The highest BCUT2D eigenvalue weighted by molar-refractivity contribution is 9.10. The topological polar surface area (TPSA) is 62.5 Å². The van der Waals surface area contributed by atoms with Crippen LogP contribution in [-0.4, -0.2) is 17.6 Å². The van der Waals surface area contributed by atoms with Gasteiger partial charge in [-0.2, -0.15) is 0 Å². The summed E-state index contributed by atoms with van der Waals surface area (Å²) in [5.74, 6) is -0.231. The number of halogens is 1. The number of nitrogens with one attached hydrogen (secondary N) is 1. The maximum Gasteiger partial charge on any atom is 0.252 e. The first kappa shape index (κ1) is 12.9. The molecule has 2 aromatic rings. The van der Waals surface area contributed by atoms with E-state index in [4.69, 9.17) is 4.42 Å². The molecule has 1 aromatic heterocycles. The molecule has 4 nitrogen and oxygen atoms in total. The van der Waals surface area contributed by atoms with Crippen LogP contribution in [0.1, 0.15) is 22.0 Å². The van der Waals surface area contributed by atoms with Crippen molar-refractivity contribution < 1.29 is 14.3 Å². The lowest BCUT2D eigenvalue weighted by molar-refractivity contribution is 0.0915. The maximum atomic E-state index is 11.9. The number of aliphatic hydroxyl groups is 1. The van der Waals surface area contributed by atoms with E-state index in [1.807, 2.05) is 6.07 Å². The van der Waals surface area contributed by atoms with Gasteiger partial charge < -0.3 is 14.8 Å². The van der Waals surface area contributed by atoms with Gasteiger partial charge in [-0.1, -0.05) is 12.1 Å². The number of hydrogen-bond acceptors (Lipinski definition) is 3. The van der Waals surface area contributed by atoms with E-state index < -0.39 is 6.10 Å². The lowest BCUT2D eigenvalue weighted by atomic mass is 10.2. The minimum absolute atomic E-state index is 0.139. The quantitative estimate of drug-likeness (QED) is 0.912. The Morgan fingerprint density at radius 3 is 2.83 bits per heavy atom. The Hall–Kier alpha value is -1.59. The molecule has 0 saturated carbocycles. The van der Waals surface area contributed by atoms with E-state index >= 15 is 0 Å². The standard InChI is InChI=1S/C13H12BrNO3/c14-11-4-2-1-3-10(11)13(17)15-7-12(16)9-5-6-18-8-9/h1-6,8,12,16H,7H2,(H,15,17)/t12-/m1/s1. The first-order chi connectivity index (χ1) is 8.68. The van der Waals surface area contributed by atoms with E-state index in [-0.39, 0.29) is 12.5 Å². The summed E-state index contributed by atoms with van der Waals surface area (Å²) in [6, 6.07) is 8.79. The van der Waals surface area contributed by atoms with Gasteiger partial charge in [-0.15, -0.1) is 0 Å². The molecule has 2 N–H and O–H groups in total. The average molecular weight is 310 g/mol. The first-order valence-electron chi connectivity index (χ1n) is 5.41. The first-order valence-corrected chi connectivity index (χ1v) is 6.20. The van der Waals surface area contributed by atoms with Gasteiger partial charge in [-0.05, 0) is 34.1 Å². The Kier molecular flexibility index (Phi) is 4.17. The smallest absolute Gasteiger partial charge is 0.252 e. The molecule has 0 fully saturated rings. The molecule has 5 heteroatoms. The molecule has 0 aliphatic heterocycles. The third-order valence-corrected chi connectivity index (χ3v) is 3.19. The van der Waals surface area contributed by atoms with Crippen LogP contribution in [0.15, 0.2) is 51.7 Å². The number of rotatable bonds is 4. The summed E-state index contributed by atoms with van der Waals surface area (Å²) in [4.78, 5) is 11.9. The number of amides is 1. The fourth-order valence-electron chi connectivity index (χ4n) is 1.51. The highest BCUT2D eigenvalue weighted by Crippen LogP contribution is 2.16. The molecule has 1 amide bonds. The number of aliphatic hydroxyl groups excluding tert-OH is 1. The molecule has 1 atom stereocenters. The van der Waals surface area contributed by atoms with Gasteiger partial charge in [-0.3, -0.25) is 4.79 Å². The maximum absolute atomic E-state index is 11.9. The van der Waals surface area contributed by atoms with Gasteiger partial charge in [0.25, 0.3) is 5.91 Å². The number of hydrogen-bond donors (Lipinski definition) is 2. The molecular weight excluding hydrogens is 298 g/mol. The van der Waals surface area contributed by atoms with E-state index in [9.17, 15) is 9.90 Å². The Morgan fingerprint density at radius 2 is 2.17 bits per heavy atom. The molecule has 94 valence electrons. The lowest BCUT2D eigenvalue weighted by Crippen LogP contribution is -2.28. The van der Waals surface area contributed by atoms with E-state index in [1.54, 1.807) is 24.3 Å². The Labute approximate surface area is 113 Å². The van der Waals surface area contributed by atoms with Crippen molar-refractivity contribution in [2.45, 2.75) is 6.10 Å². The van der Waals surface area contributed by atoms with Gasteiger partial charge in [-0.25, -0.2) is 0 Å². The zero-order chi connectivity index (χ0) is 13.0. The highest BCUT2D eigenvalue weighted by atomic mass is 79.9. The average Bonchev–Trinajstić information content (AvgIpc) is 2.90. The normalized spacial score (nSPS) is 12.1. The van der Waals surface area contributed by atoms with E-state index in [0.29, 0.717) is 11.1 Å². The predicted molar refractivity (Wildman–Crippen MR) is 70.1 cm³/mol. The molecule has 0 aliphatic rings. The van der Waals surface area contributed by atoms with Crippen LogP contribution in [0, 0.1) is 0 Å². The molecule has 1 aromatic carbocycles. The van der Waals surface area contributed by atoms with Crippen LogP contribution in [0.4, 0.5) is 0 Å². The highest BCUT2D eigenvalue weighted by Gasteiger charge is 2.13. The molecule has 2 rings (SSSR count). The van der Waals surface area contributed by atoms with Crippen LogP contribution >= 0.6 is 15.9 Å². The lowest BCUT2D eigenvalue weighted by Gasteiger charge is -2.10. The monoisotopic (exact) mass is 309 g/mol. The van der Waals surface area contributed by atoms with Crippen LogP contribution in [-0.2, 0) is 0 Å². The SMILES string of the molecule is O=C(NC[C@@H](O)c1ccoc1)c1ccccc1Br. The molecule has 18 heavy (non-hydrogen) atoms. The van der Waals surface area contributed by atoms with Gasteiger partial charge in [0, 0.05) is 16.6 Å². The summed E-state index contributed by atoms with van der Waals surface area (Å²) in [5.41, 5.74) is 1.18. The third-order valence-electron chi connectivity index (χ3n) is 2.50. The van der Waals surface area contributed by atoms with Crippen LogP contribution in [0.5, 0.6) is 0 Å². The van der Waals surface area contributed by atoms with E-state index in [2.05, 4.69) is 21.2 Å². The summed E-state index contributed by atoms with van der Waals surface area (Å²) in [7, 11) is 0. The van der Waals surface area contributed by atoms with Gasteiger partial charge >= 0.3 is 0 Å². The summed E-state index contributed by atoms with van der Waals surface area (Å²) in [6.45, 7) is 0.139. The fourth-order valence-corrected chi connectivity index (χ4v) is 1.98. The van der Waals surface area contributed by atoms with E-state index in [0.717, 1.165) is 4.47 Å². The van der Waals surface area contributed by atoms with E-state index in [1.165, 1.54) is 12.5 Å². The molecule has 0 bridgehead atoms. The van der Waals surface area contributed by atoms with Crippen LogP contribution < -0.4 is 5.32 Å². The molecule has 0 spiro atoms. The number of benzene rings is 1. The van der Waals surface area contributed by atoms with Crippen molar-refractivity contribution in [1.29, 1.82) is 0 Å². The van der Waals surface area contributed by atoms with Crippen LogP contribution in [0.25, 0.3) is 0 Å². The Morgan fingerprint density at radius 1 is 1.39 bits per heavy atom. The van der Waals surface area contributed by atoms with Crippen molar-refractivity contribution >= 4 is 21.8 Å². The molecule has 0 unspecified atom stereocenters. The van der Waals surface area contributed by atoms with Crippen molar-refractivity contribution in [2.24, 2.45) is 0 Å². The zero-order valence-electron chi connectivity index (χ0n) is 9.47. The summed E-state index contributed by atoms with van der Waals surface area (Å²) in [6.07, 6.45) is 2.17. The number of furan rings is 1. The molecule has 0 radical (unpaired) electrons. The molecular formula is C13H12BrNO3. The predicted octanol–water partition coefficient (Wildman–Crippen LogP) is 2.51. The van der Waals surface area contributed by atoms with Gasteiger partial charge in [0.15, 0.2) is 0 Å². The van der Waals surface area contributed by atoms with Crippen LogP contribution in [0.2, 0.25) is 0 Å². The zero-order valence-corrected chi connectivity index (χ0v) is 11.1. The molecule has 1 heterocycles. The van der Waals surface area contributed by atoms with Gasteiger partial charge in [0.05, 0.1) is 24.2 Å². The molecule has 0 aliphatic carbocycles. The largest absolute Gasteiger partial charge is 0.472 e. The second-order valence-electron chi connectivity index (χ2n) is 3.76. The Bertz CT molecular complexity index is 525. The minimum Gasteiger partial charge on any atom is -0.472 e. The second kappa shape index (κ2) is 5.84. The number of carbonyl (C=O) groups is 1. The Balaban J connectivity index is 1.95.